The molecule has 2 unspecified atom stereocenters. The SMILES string of the molecule is COc1ccc(COC(=O)C2N3C(=O)C(N4C(=O)c5cccc([N+](=O)[O-])c5C4=O)[C@@H]3SC[C@@]2(C)Cl)cc1. The van der Waals surface area contributed by atoms with E-state index in [1.807, 2.05) is 0 Å². The van der Waals surface area contributed by atoms with Gasteiger partial charge in [-0.3, -0.25) is 29.4 Å². The summed E-state index contributed by atoms with van der Waals surface area (Å²) in [4.78, 5) is 64.2. The first kappa shape index (κ1) is 25.0. The molecule has 3 aliphatic heterocycles. The highest BCUT2D eigenvalue weighted by Crippen LogP contribution is 2.48. The predicted molar refractivity (Wildman–Crippen MR) is 131 cm³/mol. The molecule has 2 fully saturated rings. The molecule has 0 spiro atoms. The highest BCUT2D eigenvalue weighted by Gasteiger charge is 2.65. The van der Waals surface area contributed by atoms with Gasteiger partial charge >= 0.3 is 5.97 Å². The van der Waals surface area contributed by atoms with Crippen molar-refractivity contribution in [1.29, 1.82) is 0 Å². The van der Waals surface area contributed by atoms with Gasteiger partial charge in [-0.05, 0) is 30.7 Å². The Labute approximate surface area is 219 Å². The highest BCUT2D eigenvalue weighted by atomic mass is 35.5. The molecular weight excluding hydrogens is 526 g/mol. The van der Waals surface area contributed by atoms with Crippen molar-refractivity contribution >= 4 is 52.7 Å². The van der Waals surface area contributed by atoms with Crippen LogP contribution < -0.4 is 4.74 Å². The summed E-state index contributed by atoms with van der Waals surface area (Å²) >= 11 is 7.88. The summed E-state index contributed by atoms with van der Waals surface area (Å²) in [5, 5.41) is 10.7. The molecule has 3 amide bonds. The van der Waals surface area contributed by atoms with Gasteiger partial charge in [-0.15, -0.1) is 23.4 Å². The number of nitrogens with zero attached hydrogens (tertiary/aromatic N) is 3. The number of benzene rings is 2. The Morgan fingerprint density at radius 3 is 2.54 bits per heavy atom. The molecule has 0 aliphatic carbocycles. The molecule has 0 aromatic heterocycles. The molecular formula is C24H20ClN3O8S. The minimum atomic E-state index is -1.22. The second kappa shape index (κ2) is 9.03. The topological polar surface area (TPSA) is 136 Å². The van der Waals surface area contributed by atoms with Crippen LogP contribution in [0.4, 0.5) is 5.69 Å². The molecule has 5 rings (SSSR count). The Hall–Kier alpha value is -3.64. The minimum absolute atomic E-state index is 0.0579. The van der Waals surface area contributed by atoms with Gasteiger partial charge in [-0.25, -0.2) is 4.79 Å². The number of fused-ring (bicyclic) bond motifs is 2. The summed E-state index contributed by atoms with van der Waals surface area (Å²) < 4.78 is 10.6. The number of hydrogen-bond acceptors (Lipinski definition) is 9. The van der Waals surface area contributed by atoms with Gasteiger partial charge < -0.3 is 14.4 Å². The standard InChI is InChI=1S/C24H20ClN3O8S/c1-24(25)11-37-22-17(26-19(29)14-4-3-5-15(28(33)34)16(14)20(26)30)21(31)27(22)18(24)23(32)36-10-12-6-8-13(35-2)9-7-12/h3-9,17-18,22H,10-11H2,1-2H3/t17?,18?,22-,24+/m0/s1. The van der Waals surface area contributed by atoms with Crippen molar-refractivity contribution in [3.05, 3.63) is 69.3 Å². The average molecular weight is 546 g/mol. The van der Waals surface area contributed by atoms with Crippen LogP contribution in [-0.4, -0.2) is 73.6 Å². The molecule has 4 atom stereocenters. The summed E-state index contributed by atoms with van der Waals surface area (Å²) in [5.41, 5.74) is -0.287. The summed E-state index contributed by atoms with van der Waals surface area (Å²) in [6.45, 7) is 1.56. The van der Waals surface area contributed by atoms with Crippen molar-refractivity contribution in [2.45, 2.75) is 35.9 Å². The van der Waals surface area contributed by atoms with Gasteiger partial charge in [0, 0.05) is 11.8 Å². The number of β-lactam (4-membered cyclic amide) rings is 1. The molecule has 0 bridgehead atoms. The first-order chi connectivity index (χ1) is 17.6. The van der Waals surface area contributed by atoms with Gasteiger partial charge in [-0.2, -0.15) is 0 Å². The van der Waals surface area contributed by atoms with E-state index in [2.05, 4.69) is 0 Å². The molecule has 0 radical (unpaired) electrons. The third-order valence-electron chi connectivity index (χ3n) is 6.60. The number of imide groups is 1. The van der Waals surface area contributed by atoms with E-state index in [0.717, 1.165) is 11.0 Å². The van der Waals surface area contributed by atoms with Crippen LogP contribution in [0.5, 0.6) is 5.75 Å². The number of ether oxygens (including phenoxy) is 2. The van der Waals surface area contributed by atoms with E-state index in [1.54, 1.807) is 31.2 Å². The van der Waals surface area contributed by atoms with Crippen molar-refractivity contribution in [3.8, 4) is 5.75 Å². The fourth-order valence-electron chi connectivity index (χ4n) is 4.78. The molecule has 3 aliphatic rings. The number of nitro benzene ring substituents is 1. The monoisotopic (exact) mass is 545 g/mol. The van der Waals surface area contributed by atoms with Gasteiger partial charge in [0.1, 0.15) is 29.3 Å². The molecule has 2 aromatic carbocycles. The van der Waals surface area contributed by atoms with E-state index in [0.29, 0.717) is 11.3 Å². The van der Waals surface area contributed by atoms with Crippen molar-refractivity contribution in [2.75, 3.05) is 12.9 Å². The number of alkyl halides is 1. The summed E-state index contributed by atoms with van der Waals surface area (Å²) in [7, 11) is 1.54. The maximum atomic E-state index is 13.3. The van der Waals surface area contributed by atoms with Gasteiger partial charge in [0.25, 0.3) is 23.4 Å². The van der Waals surface area contributed by atoms with Crippen LogP contribution in [0.2, 0.25) is 0 Å². The smallest absolute Gasteiger partial charge is 0.331 e. The summed E-state index contributed by atoms with van der Waals surface area (Å²) in [6.07, 6.45) is 0. The zero-order chi connectivity index (χ0) is 26.6. The minimum Gasteiger partial charge on any atom is -0.497 e. The van der Waals surface area contributed by atoms with Crippen molar-refractivity contribution in [2.24, 2.45) is 0 Å². The number of nitro groups is 1. The first-order valence-corrected chi connectivity index (χ1v) is 12.6. The average Bonchev–Trinajstić information content (AvgIpc) is 3.12. The molecule has 37 heavy (non-hydrogen) atoms. The number of rotatable bonds is 6. The number of carbonyl (C=O) groups excluding carboxylic acids is 4. The molecule has 2 aromatic rings. The summed E-state index contributed by atoms with van der Waals surface area (Å²) in [5.74, 6) is -2.21. The Balaban J connectivity index is 1.37. The third-order valence-corrected chi connectivity index (χ3v) is 8.69. The number of carbonyl (C=O) groups is 4. The van der Waals surface area contributed by atoms with Crippen LogP contribution in [0.25, 0.3) is 0 Å². The van der Waals surface area contributed by atoms with E-state index < -0.39 is 56.6 Å². The fourth-order valence-corrected chi connectivity index (χ4v) is 6.62. The van der Waals surface area contributed by atoms with Gasteiger partial charge in [0.05, 0.1) is 22.5 Å². The Morgan fingerprint density at radius 1 is 1.19 bits per heavy atom. The van der Waals surface area contributed by atoms with Crippen molar-refractivity contribution in [1.82, 2.24) is 9.80 Å². The normalized spacial score (nSPS) is 26.4. The van der Waals surface area contributed by atoms with E-state index in [4.69, 9.17) is 21.1 Å². The molecule has 3 heterocycles. The lowest BCUT2D eigenvalue weighted by Gasteiger charge is -2.57. The number of thioether (sulfide) groups is 1. The lowest BCUT2D eigenvalue weighted by molar-refractivity contribution is -0.385. The van der Waals surface area contributed by atoms with E-state index >= 15 is 0 Å². The quantitative estimate of drug-likeness (QED) is 0.134. The summed E-state index contributed by atoms with van der Waals surface area (Å²) in [6, 6.07) is 8.28. The number of halogens is 1. The second-order valence-electron chi connectivity index (χ2n) is 8.97. The molecule has 2 saturated heterocycles. The second-order valence-corrected chi connectivity index (χ2v) is 10.9. The zero-order valence-corrected chi connectivity index (χ0v) is 21.2. The fraction of sp³-hybridized carbons (Fsp3) is 0.333. The maximum absolute atomic E-state index is 13.3. The Kier molecular flexibility index (Phi) is 6.11. The Morgan fingerprint density at radius 2 is 1.89 bits per heavy atom. The van der Waals surface area contributed by atoms with Crippen LogP contribution in [0, 0.1) is 10.1 Å². The zero-order valence-electron chi connectivity index (χ0n) is 19.6. The van der Waals surface area contributed by atoms with Gasteiger partial charge in [0.15, 0.2) is 6.04 Å². The van der Waals surface area contributed by atoms with E-state index in [1.165, 1.54) is 35.9 Å². The lowest BCUT2D eigenvalue weighted by atomic mass is 9.93. The maximum Gasteiger partial charge on any atom is 0.331 e. The molecule has 11 nitrogen and oxygen atoms in total. The van der Waals surface area contributed by atoms with Crippen LogP contribution in [0.3, 0.4) is 0 Å². The first-order valence-electron chi connectivity index (χ1n) is 11.1. The van der Waals surface area contributed by atoms with Gasteiger partial charge in [-0.1, -0.05) is 18.2 Å². The number of methoxy groups -OCH3 is 1. The van der Waals surface area contributed by atoms with E-state index in [-0.39, 0.29) is 23.5 Å². The predicted octanol–water partition coefficient (Wildman–Crippen LogP) is 2.59. The number of amides is 3. The van der Waals surface area contributed by atoms with Crippen LogP contribution in [-0.2, 0) is 20.9 Å². The molecule has 192 valence electrons. The highest BCUT2D eigenvalue weighted by molar-refractivity contribution is 8.00. The Bertz CT molecular complexity index is 1350. The lowest BCUT2D eigenvalue weighted by Crippen LogP contribution is -2.78. The number of esters is 1. The largest absolute Gasteiger partial charge is 0.497 e. The van der Waals surface area contributed by atoms with Crippen LogP contribution >= 0.6 is 23.4 Å². The third kappa shape index (κ3) is 3.91. The van der Waals surface area contributed by atoms with Crippen molar-refractivity contribution in [3.63, 3.8) is 0 Å². The van der Waals surface area contributed by atoms with Gasteiger partial charge in [0.2, 0.25) is 0 Å². The number of hydrogen-bond donors (Lipinski definition) is 0. The van der Waals surface area contributed by atoms with Crippen LogP contribution in [0.1, 0.15) is 33.2 Å². The molecule has 13 heteroatoms. The molecule has 0 N–H and O–H groups in total. The van der Waals surface area contributed by atoms with Crippen LogP contribution in [0.15, 0.2) is 42.5 Å². The molecule has 0 saturated carbocycles. The van der Waals surface area contributed by atoms with E-state index in [9.17, 15) is 29.3 Å². The van der Waals surface area contributed by atoms with Crippen molar-refractivity contribution < 1.29 is 33.6 Å².